The van der Waals surface area contributed by atoms with E-state index in [0.717, 1.165) is 36.9 Å². The van der Waals surface area contributed by atoms with Gasteiger partial charge in [-0.05, 0) is 47.8 Å². The predicted octanol–water partition coefficient (Wildman–Crippen LogP) is 2.65. The molecule has 4 aliphatic carbocycles. The van der Waals surface area contributed by atoms with Crippen molar-refractivity contribution in [2.24, 2.45) is 28.6 Å². The zero-order valence-electron chi connectivity index (χ0n) is 8.55. The van der Waals surface area contributed by atoms with Gasteiger partial charge >= 0.3 is 0 Å². The van der Waals surface area contributed by atoms with Crippen molar-refractivity contribution < 1.29 is 4.79 Å². The molecule has 4 saturated carbocycles. The minimum absolute atomic E-state index is 0.517. The van der Waals surface area contributed by atoms with Crippen molar-refractivity contribution in [2.75, 3.05) is 0 Å². The summed E-state index contributed by atoms with van der Waals surface area (Å²) in [6.07, 6.45) is 5.96. The van der Waals surface area contributed by atoms with Gasteiger partial charge in [0.25, 0.3) is 0 Å². The minimum atomic E-state index is 0.517. The van der Waals surface area contributed by atoms with Gasteiger partial charge in [-0.1, -0.05) is 13.8 Å². The Bertz CT molecular complexity index is 258. The van der Waals surface area contributed by atoms with Crippen LogP contribution in [0.4, 0.5) is 0 Å². The minimum Gasteiger partial charge on any atom is -0.303 e. The van der Waals surface area contributed by atoms with Gasteiger partial charge in [0.1, 0.15) is 6.29 Å². The molecule has 0 spiro atoms. The third-order valence-electron chi connectivity index (χ3n) is 5.91. The Labute approximate surface area is 79.9 Å². The molecule has 1 nitrogen and oxygen atoms in total. The second-order valence-corrected chi connectivity index (χ2v) is 5.79. The van der Waals surface area contributed by atoms with Gasteiger partial charge in [-0.25, -0.2) is 0 Å². The van der Waals surface area contributed by atoms with Crippen molar-refractivity contribution >= 4 is 6.29 Å². The van der Waals surface area contributed by atoms with Crippen LogP contribution >= 0.6 is 0 Å². The molecule has 13 heavy (non-hydrogen) atoms. The molecule has 4 fully saturated rings. The molecule has 0 saturated heterocycles. The van der Waals surface area contributed by atoms with E-state index in [4.69, 9.17) is 0 Å². The Morgan fingerprint density at radius 2 is 1.92 bits per heavy atom. The fourth-order valence-electron chi connectivity index (χ4n) is 4.86. The van der Waals surface area contributed by atoms with Crippen molar-refractivity contribution in [2.45, 2.75) is 39.5 Å². The number of carbonyl (C=O) groups is 1. The lowest BCUT2D eigenvalue weighted by Gasteiger charge is -2.33. The van der Waals surface area contributed by atoms with E-state index in [1.807, 2.05) is 0 Å². The zero-order valence-corrected chi connectivity index (χ0v) is 8.55. The van der Waals surface area contributed by atoms with Crippen molar-refractivity contribution in [3.63, 3.8) is 0 Å². The summed E-state index contributed by atoms with van der Waals surface area (Å²) in [6.45, 7) is 4.91. The maximum Gasteiger partial charge on any atom is 0.120 e. The highest BCUT2D eigenvalue weighted by Gasteiger charge is 2.80. The van der Waals surface area contributed by atoms with E-state index in [-0.39, 0.29) is 0 Å². The highest BCUT2D eigenvalue weighted by Crippen LogP contribution is 2.86. The first-order valence-corrected chi connectivity index (χ1v) is 5.58. The van der Waals surface area contributed by atoms with Gasteiger partial charge in [0, 0.05) is 6.42 Å². The van der Waals surface area contributed by atoms with Gasteiger partial charge < -0.3 is 4.79 Å². The van der Waals surface area contributed by atoms with Crippen molar-refractivity contribution in [3.8, 4) is 0 Å². The van der Waals surface area contributed by atoms with Gasteiger partial charge in [-0.15, -0.1) is 0 Å². The van der Waals surface area contributed by atoms with Gasteiger partial charge in [0.2, 0.25) is 0 Å². The molecule has 0 N–H and O–H groups in total. The zero-order chi connectivity index (χ0) is 9.27. The lowest BCUT2D eigenvalue weighted by atomic mass is 9.71. The van der Waals surface area contributed by atoms with Crippen LogP contribution in [0.1, 0.15) is 39.5 Å². The van der Waals surface area contributed by atoms with E-state index in [1.165, 1.54) is 12.8 Å². The van der Waals surface area contributed by atoms with E-state index in [2.05, 4.69) is 13.8 Å². The van der Waals surface area contributed by atoms with E-state index >= 15 is 0 Å². The summed E-state index contributed by atoms with van der Waals surface area (Å²) >= 11 is 0. The lowest BCUT2D eigenvalue weighted by molar-refractivity contribution is -0.108. The van der Waals surface area contributed by atoms with Gasteiger partial charge in [-0.2, -0.15) is 0 Å². The molecule has 0 radical (unpaired) electrons. The molecule has 2 unspecified atom stereocenters. The molecular formula is C12H18O. The third kappa shape index (κ3) is 0.628. The number of aldehydes is 1. The van der Waals surface area contributed by atoms with Crippen molar-refractivity contribution in [1.82, 2.24) is 0 Å². The Hall–Kier alpha value is -0.330. The molecular weight excluding hydrogens is 160 g/mol. The van der Waals surface area contributed by atoms with Crippen LogP contribution in [0.25, 0.3) is 0 Å². The summed E-state index contributed by atoms with van der Waals surface area (Å²) in [5, 5.41) is 0. The van der Waals surface area contributed by atoms with Crippen LogP contribution in [-0.4, -0.2) is 6.29 Å². The number of hydrogen-bond acceptors (Lipinski definition) is 1. The van der Waals surface area contributed by atoms with Crippen LogP contribution in [0.5, 0.6) is 0 Å². The molecule has 0 aromatic rings. The number of hydrogen-bond donors (Lipinski definition) is 0. The summed E-state index contributed by atoms with van der Waals surface area (Å²) in [7, 11) is 0. The lowest BCUT2D eigenvalue weighted by Crippen LogP contribution is -2.27. The molecule has 0 aromatic heterocycles. The monoisotopic (exact) mass is 178 g/mol. The SMILES string of the molecule is CC12C3CC(CC31)[C@@]2(C)CCC=O. The topological polar surface area (TPSA) is 17.1 Å². The van der Waals surface area contributed by atoms with Crippen LogP contribution in [-0.2, 0) is 4.79 Å². The maximum atomic E-state index is 10.4. The van der Waals surface area contributed by atoms with Crippen LogP contribution in [0.3, 0.4) is 0 Å². The van der Waals surface area contributed by atoms with E-state index in [9.17, 15) is 4.79 Å². The smallest absolute Gasteiger partial charge is 0.120 e. The van der Waals surface area contributed by atoms with Crippen LogP contribution in [0.2, 0.25) is 0 Å². The number of carbonyl (C=O) groups excluding carboxylic acids is 1. The average Bonchev–Trinajstić information content (AvgIpc) is 2.54. The predicted molar refractivity (Wildman–Crippen MR) is 51.2 cm³/mol. The fraction of sp³-hybridized carbons (Fsp3) is 0.917. The molecule has 4 rings (SSSR count). The van der Waals surface area contributed by atoms with Crippen LogP contribution < -0.4 is 0 Å². The standard InChI is InChI=1S/C12H18O/c1-11(4-3-5-13)8-6-9-10(7-8)12(9,11)2/h5,8-10H,3-4,6-7H2,1-2H3/t8?,9?,10?,11-,12?/m1/s1. The van der Waals surface area contributed by atoms with E-state index in [0.29, 0.717) is 10.8 Å². The molecule has 0 amide bonds. The molecule has 3 atom stereocenters. The maximum absolute atomic E-state index is 10.4. The second-order valence-electron chi connectivity index (χ2n) is 5.79. The Morgan fingerprint density at radius 1 is 1.31 bits per heavy atom. The Balaban J connectivity index is 1.88. The summed E-state index contributed by atoms with van der Waals surface area (Å²) in [5.74, 6) is 3.02. The summed E-state index contributed by atoms with van der Waals surface area (Å²) in [4.78, 5) is 10.4. The van der Waals surface area contributed by atoms with Crippen LogP contribution in [0, 0.1) is 28.6 Å². The highest BCUT2D eigenvalue weighted by molar-refractivity contribution is 5.49. The quantitative estimate of drug-likeness (QED) is 0.607. The first kappa shape index (κ1) is 8.02. The molecule has 4 bridgehead atoms. The van der Waals surface area contributed by atoms with Gasteiger partial charge in [0.05, 0.1) is 0 Å². The summed E-state index contributed by atoms with van der Waals surface area (Å²) in [6, 6.07) is 0. The van der Waals surface area contributed by atoms with E-state index in [1.54, 1.807) is 0 Å². The Morgan fingerprint density at radius 3 is 2.31 bits per heavy atom. The molecule has 0 heterocycles. The fourth-order valence-corrected chi connectivity index (χ4v) is 4.86. The normalized spacial score (nSPS) is 61.2. The Kier molecular flexibility index (Phi) is 1.24. The highest BCUT2D eigenvalue weighted by atomic mass is 16.1. The van der Waals surface area contributed by atoms with Gasteiger partial charge in [-0.3, -0.25) is 0 Å². The van der Waals surface area contributed by atoms with Crippen molar-refractivity contribution in [3.05, 3.63) is 0 Å². The summed E-state index contributed by atoms with van der Waals surface area (Å²) in [5.41, 5.74) is 1.16. The number of rotatable bonds is 3. The average molecular weight is 178 g/mol. The molecule has 0 aliphatic heterocycles. The largest absolute Gasteiger partial charge is 0.303 e. The first-order valence-electron chi connectivity index (χ1n) is 5.58. The molecule has 4 aliphatic rings. The molecule has 0 aromatic carbocycles. The molecule has 1 heteroatoms. The summed E-state index contributed by atoms with van der Waals surface area (Å²) < 4.78 is 0. The first-order chi connectivity index (χ1) is 6.14. The van der Waals surface area contributed by atoms with Crippen molar-refractivity contribution in [1.29, 1.82) is 0 Å². The second kappa shape index (κ2) is 2.02. The van der Waals surface area contributed by atoms with Crippen LogP contribution in [0.15, 0.2) is 0 Å². The van der Waals surface area contributed by atoms with Gasteiger partial charge in [0.15, 0.2) is 0 Å². The van der Waals surface area contributed by atoms with E-state index < -0.39 is 0 Å². The molecule has 72 valence electrons. The third-order valence-corrected chi connectivity index (χ3v) is 5.91.